The van der Waals surface area contributed by atoms with E-state index in [1.54, 1.807) is 11.3 Å². The van der Waals surface area contributed by atoms with Crippen molar-refractivity contribution < 1.29 is 9.53 Å². The lowest BCUT2D eigenvalue weighted by Crippen LogP contribution is -2.53. The first-order valence-corrected chi connectivity index (χ1v) is 10.3. The van der Waals surface area contributed by atoms with E-state index in [1.165, 1.54) is 0 Å². The van der Waals surface area contributed by atoms with Crippen LogP contribution < -0.4 is 11.1 Å². The number of nitrogens with two attached hydrogens (primary N) is 1. The van der Waals surface area contributed by atoms with Gasteiger partial charge in [-0.1, -0.05) is 0 Å². The highest BCUT2D eigenvalue weighted by atomic mass is 32.1. The number of nitrogen functional groups attached to an aromatic ring is 1. The van der Waals surface area contributed by atoms with E-state index in [4.69, 9.17) is 15.5 Å². The lowest BCUT2D eigenvalue weighted by Gasteiger charge is -2.44. The molecule has 0 aliphatic carbocycles. The number of hydrogen-bond acceptors (Lipinski definition) is 6. The molecule has 7 heteroatoms. The van der Waals surface area contributed by atoms with Gasteiger partial charge in [-0.2, -0.15) is 0 Å². The number of rotatable bonds is 4. The minimum absolute atomic E-state index is 0.00377. The monoisotopic (exact) mass is 386 g/mol. The van der Waals surface area contributed by atoms with E-state index < -0.39 is 5.54 Å². The van der Waals surface area contributed by atoms with Gasteiger partial charge in [-0.3, -0.25) is 4.90 Å². The fourth-order valence-corrected chi connectivity index (χ4v) is 4.84. The maximum absolute atomic E-state index is 12.5. The van der Waals surface area contributed by atoms with Crippen LogP contribution in [-0.4, -0.2) is 41.7 Å². The van der Waals surface area contributed by atoms with Crippen LogP contribution in [0, 0.1) is 5.92 Å². The van der Waals surface area contributed by atoms with E-state index in [2.05, 4.69) is 10.2 Å². The molecule has 1 aromatic heterocycles. The molecule has 1 aromatic carbocycles. The Balaban J connectivity index is 1.41. The predicted octanol–water partition coefficient (Wildman–Crippen LogP) is 3.45. The Morgan fingerprint density at radius 3 is 2.63 bits per heavy atom. The van der Waals surface area contributed by atoms with Gasteiger partial charge in [0.1, 0.15) is 11.1 Å². The minimum Gasteiger partial charge on any atom is -0.445 e. The smallest absolute Gasteiger partial charge is 0.408 e. The van der Waals surface area contributed by atoms with Crippen LogP contribution in [0.15, 0.2) is 29.6 Å². The van der Waals surface area contributed by atoms with E-state index in [0.29, 0.717) is 5.92 Å². The molecule has 0 radical (unpaired) electrons. The molecule has 5 rings (SSSR count). The van der Waals surface area contributed by atoms with Gasteiger partial charge in [-0.05, 0) is 70.0 Å². The Hall–Kier alpha value is -2.12. The van der Waals surface area contributed by atoms with Crippen LogP contribution in [-0.2, 0) is 10.3 Å². The van der Waals surface area contributed by atoms with Gasteiger partial charge in [0.15, 0.2) is 0 Å². The van der Waals surface area contributed by atoms with E-state index >= 15 is 0 Å². The van der Waals surface area contributed by atoms with Crippen molar-refractivity contribution in [1.29, 1.82) is 0 Å². The van der Waals surface area contributed by atoms with E-state index in [0.717, 1.165) is 54.4 Å². The molecule has 3 N–H and O–H groups in total. The zero-order valence-electron chi connectivity index (χ0n) is 15.8. The third-order valence-electron chi connectivity index (χ3n) is 5.57. The third kappa shape index (κ3) is 3.94. The number of hydrogen-bond donors (Lipinski definition) is 2. The van der Waals surface area contributed by atoms with Crippen molar-refractivity contribution in [1.82, 2.24) is 15.2 Å². The zero-order chi connectivity index (χ0) is 19.0. The van der Waals surface area contributed by atoms with Crippen molar-refractivity contribution in [2.75, 3.05) is 25.4 Å². The number of alkyl carbamates (subject to hydrolysis) is 1. The predicted molar refractivity (Wildman–Crippen MR) is 108 cm³/mol. The lowest BCUT2D eigenvalue weighted by atomic mass is 9.86. The van der Waals surface area contributed by atoms with E-state index in [1.807, 2.05) is 43.5 Å². The van der Waals surface area contributed by atoms with Crippen molar-refractivity contribution in [2.45, 2.75) is 38.3 Å². The van der Waals surface area contributed by atoms with Crippen LogP contribution in [0.3, 0.4) is 0 Å². The first-order valence-electron chi connectivity index (χ1n) is 9.44. The summed E-state index contributed by atoms with van der Waals surface area (Å²) in [5, 5.41) is 5.89. The number of piperidine rings is 3. The number of ether oxygens (including phenoxy) is 1. The average molecular weight is 387 g/mol. The molecule has 144 valence electrons. The average Bonchev–Trinajstić information content (AvgIpc) is 3.14. The fraction of sp³-hybridized carbons (Fsp3) is 0.500. The van der Waals surface area contributed by atoms with Gasteiger partial charge in [0.25, 0.3) is 0 Å². The molecule has 0 saturated carbocycles. The normalized spacial score (nSPS) is 24.6. The number of thiazole rings is 1. The van der Waals surface area contributed by atoms with Gasteiger partial charge in [0.05, 0.1) is 11.2 Å². The van der Waals surface area contributed by atoms with Crippen LogP contribution in [0.5, 0.6) is 0 Å². The van der Waals surface area contributed by atoms with Gasteiger partial charge >= 0.3 is 6.09 Å². The number of benzene rings is 1. The molecule has 3 aliphatic heterocycles. The fourth-order valence-electron chi connectivity index (χ4n) is 3.85. The molecule has 0 unspecified atom stereocenters. The third-order valence-corrected chi connectivity index (χ3v) is 6.46. The largest absolute Gasteiger partial charge is 0.445 e. The van der Waals surface area contributed by atoms with Gasteiger partial charge in [0.2, 0.25) is 0 Å². The number of fused-ring (bicyclic) bond motifs is 3. The highest BCUT2D eigenvalue weighted by Gasteiger charge is 2.37. The van der Waals surface area contributed by atoms with Crippen LogP contribution in [0.25, 0.3) is 10.6 Å². The molecular weight excluding hydrogens is 360 g/mol. The Labute approximate surface area is 163 Å². The van der Waals surface area contributed by atoms with Crippen LogP contribution in [0.2, 0.25) is 0 Å². The number of anilines is 1. The number of carbonyl (C=O) groups is 1. The summed E-state index contributed by atoms with van der Waals surface area (Å²) < 4.78 is 5.76. The second-order valence-electron chi connectivity index (χ2n) is 7.99. The summed E-state index contributed by atoms with van der Waals surface area (Å²) in [4.78, 5) is 19.6. The quantitative estimate of drug-likeness (QED) is 0.787. The Kier molecular flexibility index (Phi) is 4.82. The van der Waals surface area contributed by atoms with Crippen LogP contribution in [0.1, 0.15) is 32.4 Å². The molecule has 3 saturated heterocycles. The molecule has 6 nitrogen and oxygen atoms in total. The molecular formula is C20H26N4O2S. The molecule has 4 heterocycles. The van der Waals surface area contributed by atoms with Crippen molar-refractivity contribution in [2.24, 2.45) is 5.92 Å². The van der Waals surface area contributed by atoms with E-state index in [9.17, 15) is 4.79 Å². The summed E-state index contributed by atoms with van der Waals surface area (Å²) in [7, 11) is 0. The lowest BCUT2D eigenvalue weighted by molar-refractivity contribution is -0.0350. The van der Waals surface area contributed by atoms with Crippen molar-refractivity contribution in [3.63, 3.8) is 0 Å². The summed E-state index contributed by atoms with van der Waals surface area (Å²) in [6.07, 6.45) is 1.89. The summed E-state index contributed by atoms with van der Waals surface area (Å²) in [5.74, 6) is 0.500. The Bertz CT molecular complexity index is 810. The number of nitrogens with zero attached hydrogens (tertiary/aromatic N) is 2. The van der Waals surface area contributed by atoms with Crippen molar-refractivity contribution >= 4 is 23.1 Å². The molecule has 2 bridgehead atoms. The van der Waals surface area contributed by atoms with Crippen molar-refractivity contribution in [3.05, 3.63) is 35.3 Å². The Morgan fingerprint density at radius 1 is 1.30 bits per heavy atom. The maximum Gasteiger partial charge on any atom is 0.408 e. The molecule has 1 amide bonds. The standard InChI is InChI=1S/C20H26N4O2S/c1-20(2,17-12-27-18(22-17)14-3-5-15(21)6-4-14)23-19(25)26-16-11-24-9-7-13(16)8-10-24/h3-6,12-13,16H,7-11,21H2,1-2H3,(H,23,25)/t16-/m1/s1. The molecule has 1 atom stereocenters. The summed E-state index contributed by atoms with van der Waals surface area (Å²) in [6.45, 7) is 7.02. The number of nitrogens with one attached hydrogen (secondary N) is 1. The van der Waals surface area contributed by atoms with Gasteiger partial charge < -0.3 is 15.8 Å². The molecule has 2 aromatic rings. The minimum atomic E-state index is -0.604. The molecule has 3 aliphatic rings. The van der Waals surface area contributed by atoms with E-state index in [-0.39, 0.29) is 12.2 Å². The number of aromatic nitrogens is 1. The molecule has 3 fully saturated rings. The summed E-state index contributed by atoms with van der Waals surface area (Å²) >= 11 is 1.56. The second kappa shape index (κ2) is 7.13. The Morgan fingerprint density at radius 2 is 2.00 bits per heavy atom. The summed E-state index contributed by atoms with van der Waals surface area (Å²) in [5.41, 5.74) is 7.72. The van der Waals surface area contributed by atoms with Gasteiger partial charge in [0, 0.05) is 23.2 Å². The van der Waals surface area contributed by atoms with Gasteiger partial charge in [-0.15, -0.1) is 11.3 Å². The highest BCUT2D eigenvalue weighted by Crippen LogP contribution is 2.31. The van der Waals surface area contributed by atoms with Crippen LogP contribution in [0.4, 0.5) is 10.5 Å². The number of amides is 1. The number of carbonyl (C=O) groups excluding carboxylic acids is 1. The molecule has 0 spiro atoms. The van der Waals surface area contributed by atoms with Crippen molar-refractivity contribution in [3.8, 4) is 10.6 Å². The topological polar surface area (TPSA) is 80.5 Å². The molecule has 27 heavy (non-hydrogen) atoms. The van der Waals surface area contributed by atoms with Crippen LogP contribution >= 0.6 is 11.3 Å². The zero-order valence-corrected chi connectivity index (χ0v) is 16.6. The van der Waals surface area contributed by atoms with Gasteiger partial charge in [-0.25, -0.2) is 9.78 Å². The SMILES string of the molecule is CC(C)(NC(=O)O[C@@H]1CN2CCC1CC2)c1csc(-c2ccc(N)cc2)n1. The first-order chi connectivity index (χ1) is 12.9. The first kappa shape index (κ1) is 18.3. The highest BCUT2D eigenvalue weighted by molar-refractivity contribution is 7.13. The maximum atomic E-state index is 12.5. The second-order valence-corrected chi connectivity index (χ2v) is 8.85. The summed E-state index contributed by atoms with van der Waals surface area (Å²) in [6, 6.07) is 7.65.